The Morgan fingerprint density at radius 2 is 2.17 bits per heavy atom. The molecule has 0 radical (unpaired) electrons. The summed E-state index contributed by atoms with van der Waals surface area (Å²) in [5, 5.41) is 0. The van der Waals surface area contributed by atoms with Gasteiger partial charge in [-0.05, 0) is 13.8 Å². The van der Waals surface area contributed by atoms with E-state index in [9.17, 15) is 4.79 Å². The van der Waals surface area contributed by atoms with Crippen molar-refractivity contribution in [3.63, 3.8) is 0 Å². The molecular formula is C8H10N2O2. The summed E-state index contributed by atoms with van der Waals surface area (Å²) in [5.74, 6) is -0.444. The first-order chi connectivity index (χ1) is 5.65. The molecule has 0 spiro atoms. The molecule has 0 bridgehead atoms. The molecule has 0 aromatic carbocycles. The van der Waals surface area contributed by atoms with Crippen molar-refractivity contribution in [3.8, 4) is 0 Å². The monoisotopic (exact) mass is 166 g/mol. The Hall–Kier alpha value is -1.45. The van der Waals surface area contributed by atoms with Crippen LogP contribution >= 0.6 is 0 Å². The third-order valence-electron chi connectivity index (χ3n) is 1.45. The van der Waals surface area contributed by atoms with Crippen molar-refractivity contribution >= 4 is 5.97 Å². The Bertz CT molecular complexity index is 310. The summed E-state index contributed by atoms with van der Waals surface area (Å²) in [7, 11) is 1.32. The van der Waals surface area contributed by atoms with Gasteiger partial charge in [-0.1, -0.05) is 0 Å². The zero-order chi connectivity index (χ0) is 9.14. The van der Waals surface area contributed by atoms with E-state index in [2.05, 4.69) is 14.7 Å². The van der Waals surface area contributed by atoms with E-state index in [0.29, 0.717) is 5.69 Å². The van der Waals surface area contributed by atoms with Gasteiger partial charge in [-0.2, -0.15) is 0 Å². The minimum Gasteiger partial charge on any atom is -0.464 e. The number of aryl methyl sites for hydroxylation is 2. The van der Waals surface area contributed by atoms with E-state index in [1.165, 1.54) is 7.11 Å². The zero-order valence-corrected chi connectivity index (χ0v) is 7.29. The lowest BCUT2D eigenvalue weighted by molar-refractivity contribution is 0.0592. The fraction of sp³-hybridized carbons (Fsp3) is 0.375. The molecule has 64 valence electrons. The van der Waals surface area contributed by atoms with Gasteiger partial charge in [-0.3, -0.25) is 4.98 Å². The van der Waals surface area contributed by atoms with Gasteiger partial charge in [0, 0.05) is 6.20 Å². The third kappa shape index (κ3) is 1.58. The Kier molecular flexibility index (Phi) is 2.38. The molecule has 1 rings (SSSR count). The molecule has 0 fully saturated rings. The Morgan fingerprint density at radius 1 is 1.50 bits per heavy atom. The average Bonchev–Trinajstić information content (AvgIpc) is 2.03. The van der Waals surface area contributed by atoms with Crippen LogP contribution in [0.1, 0.15) is 21.9 Å². The lowest BCUT2D eigenvalue weighted by atomic mass is 10.3. The molecule has 0 saturated carbocycles. The van der Waals surface area contributed by atoms with Crippen LogP contribution in [0.15, 0.2) is 6.20 Å². The maximum atomic E-state index is 11.0. The van der Waals surface area contributed by atoms with Crippen molar-refractivity contribution in [1.82, 2.24) is 9.97 Å². The molecule has 0 aliphatic heterocycles. The molecule has 1 heterocycles. The summed E-state index contributed by atoms with van der Waals surface area (Å²) >= 11 is 0. The van der Waals surface area contributed by atoms with Crippen molar-refractivity contribution < 1.29 is 9.53 Å². The van der Waals surface area contributed by atoms with Crippen LogP contribution in [0.25, 0.3) is 0 Å². The average molecular weight is 166 g/mol. The number of ether oxygens (including phenoxy) is 1. The summed E-state index contributed by atoms with van der Waals surface area (Å²) in [6.07, 6.45) is 1.54. The molecule has 1 aromatic rings. The first kappa shape index (κ1) is 8.64. The number of nitrogens with zero attached hydrogens (tertiary/aromatic N) is 2. The van der Waals surface area contributed by atoms with Gasteiger partial charge in [0.2, 0.25) is 0 Å². The van der Waals surface area contributed by atoms with Crippen LogP contribution in [-0.4, -0.2) is 23.0 Å². The van der Waals surface area contributed by atoms with Crippen LogP contribution in [0, 0.1) is 13.8 Å². The number of carbonyl (C=O) groups is 1. The van der Waals surface area contributed by atoms with Crippen LogP contribution in [0.4, 0.5) is 0 Å². The van der Waals surface area contributed by atoms with Gasteiger partial charge < -0.3 is 4.74 Å². The predicted molar refractivity (Wildman–Crippen MR) is 42.8 cm³/mol. The minimum absolute atomic E-state index is 0.281. The molecule has 4 heteroatoms. The third-order valence-corrected chi connectivity index (χ3v) is 1.45. The second kappa shape index (κ2) is 3.30. The van der Waals surface area contributed by atoms with Crippen molar-refractivity contribution in [2.24, 2.45) is 0 Å². The predicted octanol–water partition coefficient (Wildman–Crippen LogP) is 0.880. The zero-order valence-electron chi connectivity index (χ0n) is 7.29. The van der Waals surface area contributed by atoms with Crippen LogP contribution in [-0.2, 0) is 4.74 Å². The van der Waals surface area contributed by atoms with Crippen molar-refractivity contribution in [1.29, 1.82) is 0 Å². The number of rotatable bonds is 1. The highest BCUT2D eigenvalue weighted by atomic mass is 16.5. The van der Waals surface area contributed by atoms with Gasteiger partial charge in [0.25, 0.3) is 0 Å². The maximum Gasteiger partial charge on any atom is 0.358 e. The highest BCUT2D eigenvalue weighted by Crippen LogP contribution is 2.02. The van der Waals surface area contributed by atoms with Crippen LogP contribution in [0.2, 0.25) is 0 Å². The molecule has 0 unspecified atom stereocenters. The number of hydrogen-bond donors (Lipinski definition) is 0. The Morgan fingerprint density at radius 3 is 2.67 bits per heavy atom. The normalized spacial score (nSPS) is 9.58. The van der Waals surface area contributed by atoms with Gasteiger partial charge in [-0.25, -0.2) is 9.78 Å². The van der Waals surface area contributed by atoms with E-state index in [4.69, 9.17) is 0 Å². The number of aromatic nitrogens is 2. The SMILES string of the molecule is COC(=O)c1ncc(C)nc1C. The summed E-state index contributed by atoms with van der Waals surface area (Å²) < 4.78 is 4.52. The number of esters is 1. The Balaban J connectivity index is 3.09. The molecule has 0 amide bonds. The van der Waals surface area contributed by atoms with E-state index in [-0.39, 0.29) is 5.69 Å². The number of methoxy groups -OCH3 is 1. The van der Waals surface area contributed by atoms with Gasteiger partial charge >= 0.3 is 5.97 Å². The van der Waals surface area contributed by atoms with Gasteiger partial charge in [-0.15, -0.1) is 0 Å². The van der Waals surface area contributed by atoms with Gasteiger partial charge in [0.05, 0.1) is 18.5 Å². The van der Waals surface area contributed by atoms with Crippen molar-refractivity contribution in [3.05, 3.63) is 23.3 Å². The smallest absolute Gasteiger partial charge is 0.358 e. The fourth-order valence-electron chi connectivity index (χ4n) is 0.895. The van der Waals surface area contributed by atoms with E-state index in [0.717, 1.165) is 5.69 Å². The second-order valence-electron chi connectivity index (χ2n) is 2.44. The molecular weight excluding hydrogens is 156 g/mol. The van der Waals surface area contributed by atoms with E-state index in [1.54, 1.807) is 13.1 Å². The molecule has 12 heavy (non-hydrogen) atoms. The standard InChI is InChI=1S/C8H10N2O2/c1-5-4-9-7(6(2)10-5)8(11)12-3/h4H,1-3H3. The van der Waals surface area contributed by atoms with Crippen LogP contribution < -0.4 is 0 Å². The quantitative estimate of drug-likeness (QED) is 0.581. The molecule has 0 aliphatic rings. The summed E-state index contributed by atoms with van der Waals surface area (Å²) in [6, 6.07) is 0. The highest BCUT2D eigenvalue weighted by Gasteiger charge is 2.10. The highest BCUT2D eigenvalue weighted by molar-refractivity contribution is 5.88. The summed E-state index contributed by atoms with van der Waals surface area (Å²) in [5.41, 5.74) is 1.67. The largest absolute Gasteiger partial charge is 0.464 e. The van der Waals surface area contributed by atoms with E-state index >= 15 is 0 Å². The maximum absolute atomic E-state index is 11.0. The first-order valence-electron chi connectivity index (χ1n) is 3.53. The van der Waals surface area contributed by atoms with Crippen LogP contribution in [0.3, 0.4) is 0 Å². The Labute approximate surface area is 70.6 Å². The summed E-state index contributed by atoms with van der Waals surface area (Å²) in [6.45, 7) is 3.55. The number of carbonyl (C=O) groups excluding carboxylic acids is 1. The van der Waals surface area contributed by atoms with Gasteiger partial charge in [0.15, 0.2) is 5.69 Å². The lowest BCUT2D eigenvalue weighted by Gasteiger charge is -2.01. The number of hydrogen-bond acceptors (Lipinski definition) is 4. The van der Waals surface area contributed by atoms with E-state index in [1.807, 2.05) is 6.92 Å². The van der Waals surface area contributed by atoms with Crippen molar-refractivity contribution in [2.45, 2.75) is 13.8 Å². The van der Waals surface area contributed by atoms with Crippen LogP contribution in [0.5, 0.6) is 0 Å². The van der Waals surface area contributed by atoms with Crippen molar-refractivity contribution in [2.75, 3.05) is 7.11 Å². The first-order valence-corrected chi connectivity index (χ1v) is 3.53. The molecule has 0 atom stereocenters. The molecule has 1 aromatic heterocycles. The second-order valence-corrected chi connectivity index (χ2v) is 2.44. The fourth-order valence-corrected chi connectivity index (χ4v) is 0.895. The van der Waals surface area contributed by atoms with E-state index < -0.39 is 5.97 Å². The molecule has 4 nitrogen and oxygen atoms in total. The van der Waals surface area contributed by atoms with Gasteiger partial charge in [0.1, 0.15) is 0 Å². The topological polar surface area (TPSA) is 52.1 Å². The lowest BCUT2D eigenvalue weighted by Crippen LogP contribution is -2.08. The molecule has 0 N–H and O–H groups in total. The molecule has 0 aliphatic carbocycles. The minimum atomic E-state index is -0.444. The summed E-state index contributed by atoms with van der Waals surface area (Å²) in [4.78, 5) is 19.0. The molecule has 0 saturated heterocycles.